The van der Waals surface area contributed by atoms with Crippen LogP contribution in [-0.4, -0.2) is 16.8 Å². The van der Waals surface area contributed by atoms with Crippen molar-refractivity contribution >= 4 is 43.2 Å². The minimum Gasteiger partial charge on any atom is -0.309 e. The van der Waals surface area contributed by atoms with Crippen LogP contribution in [0.4, 0.5) is 0 Å². The van der Waals surface area contributed by atoms with Crippen molar-refractivity contribution in [1.29, 1.82) is 0 Å². The van der Waals surface area contributed by atoms with Crippen LogP contribution in [0.15, 0.2) is 26.7 Å². The number of hydrogen-bond acceptors (Lipinski definition) is 3. The van der Waals surface area contributed by atoms with Gasteiger partial charge >= 0.3 is 0 Å². The molecule has 2 aromatic rings. The largest absolute Gasteiger partial charge is 0.309 e. The van der Waals surface area contributed by atoms with E-state index in [1.807, 2.05) is 31.2 Å². The maximum absolute atomic E-state index is 4.20. The van der Waals surface area contributed by atoms with E-state index in [0.29, 0.717) is 0 Å². The standard InChI is InChI=1S/C10H11Br2N3S/c1-13-9(6-4-14-15(2)5-6)8-3-7(11)10(12)16-8/h3-5,9,13H,1-2H3. The van der Waals surface area contributed by atoms with Crippen LogP contribution < -0.4 is 5.32 Å². The summed E-state index contributed by atoms with van der Waals surface area (Å²) < 4.78 is 4.03. The van der Waals surface area contributed by atoms with E-state index in [0.717, 1.165) is 8.26 Å². The molecule has 0 saturated carbocycles. The Kier molecular flexibility index (Phi) is 3.84. The van der Waals surface area contributed by atoms with Gasteiger partial charge in [-0.2, -0.15) is 5.10 Å². The van der Waals surface area contributed by atoms with Crippen LogP contribution >= 0.6 is 43.2 Å². The Balaban J connectivity index is 2.36. The van der Waals surface area contributed by atoms with Gasteiger partial charge in [-0.1, -0.05) is 0 Å². The van der Waals surface area contributed by atoms with Gasteiger partial charge in [0, 0.05) is 28.2 Å². The Bertz CT molecular complexity index is 472. The second-order valence-corrected chi connectivity index (χ2v) is 6.70. The molecule has 3 nitrogen and oxygen atoms in total. The third-order valence-corrected chi connectivity index (χ3v) is 5.62. The van der Waals surface area contributed by atoms with Crippen LogP contribution in [0.1, 0.15) is 16.5 Å². The van der Waals surface area contributed by atoms with E-state index in [1.165, 1.54) is 10.4 Å². The molecule has 2 rings (SSSR count). The predicted octanol–water partition coefficient (Wildman–Crippen LogP) is 3.32. The lowest BCUT2D eigenvalue weighted by atomic mass is 10.1. The summed E-state index contributed by atoms with van der Waals surface area (Å²) in [5.41, 5.74) is 1.17. The highest BCUT2D eigenvalue weighted by atomic mass is 79.9. The van der Waals surface area contributed by atoms with Gasteiger partial charge in [0.15, 0.2) is 0 Å². The highest BCUT2D eigenvalue weighted by Gasteiger charge is 2.17. The maximum atomic E-state index is 4.20. The zero-order valence-corrected chi connectivity index (χ0v) is 12.9. The Labute approximate surface area is 115 Å². The average molecular weight is 365 g/mol. The number of aryl methyl sites for hydroxylation is 1. The second kappa shape index (κ2) is 5.00. The average Bonchev–Trinajstić information content (AvgIpc) is 2.77. The fourth-order valence-corrected chi connectivity index (χ4v) is 3.80. The Morgan fingerprint density at radius 1 is 1.50 bits per heavy atom. The topological polar surface area (TPSA) is 29.9 Å². The molecule has 0 fully saturated rings. The third-order valence-electron chi connectivity index (χ3n) is 2.30. The van der Waals surface area contributed by atoms with Crippen LogP contribution in [-0.2, 0) is 7.05 Å². The van der Waals surface area contributed by atoms with E-state index in [1.54, 1.807) is 11.3 Å². The number of nitrogens with one attached hydrogen (secondary N) is 1. The van der Waals surface area contributed by atoms with Crippen molar-refractivity contribution in [2.24, 2.45) is 7.05 Å². The molecule has 6 heteroatoms. The van der Waals surface area contributed by atoms with Crippen LogP contribution in [0.3, 0.4) is 0 Å². The quantitative estimate of drug-likeness (QED) is 0.905. The molecule has 2 heterocycles. The van der Waals surface area contributed by atoms with Crippen LogP contribution in [0.25, 0.3) is 0 Å². The summed E-state index contributed by atoms with van der Waals surface area (Å²) in [7, 11) is 3.88. The monoisotopic (exact) mass is 363 g/mol. The minimum absolute atomic E-state index is 0.196. The molecule has 16 heavy (non-hydrogen) atoms. The molecule has 0 aliphatic rings. The van der Waals surface area contributed by atoms with E-state index >= 15 is 0 Å². The summed E-state index contributed by atoms with van der Waals surface area (Å²) >= 11 is 8.74. The van der Waals surface area contributed by atoms with Crippen molar-refractivity contribution in [3.8, 4) is 0 Å². The van der Waals surface area contributed by atoms with Gasteiger partial charge in [-0.05, 0) is 45.0 Å². The first-order chi connectivity index (χ1) is 7.61. The van der Waals surface area contributed by atoms with E-state index in [4.69, 9.17) is 0 Å². The molecule has 0 aromatic carbocycles. The molecule has 0 saturated heterocycles. The summed E-state index contributed by atoms with van der Waals surface area (Å²) in [6.07, 6.45) is 3.92. The Morgan fingerprint density at radius 2 is 2.25 bits per heavy atom. The molecule has 0 aliphatic carbocycles. The molecular weight excluding hydrogens is 354 g/mol. The summed E-state index contributed by atoms with van der Waals surface area (Å²) in [6.45, 7) is 0. The van der Waals surface area contributed by atoms with Gasteiger partial charge < -0.3 is 5.32 Å². The van der Waals surface area contributed by atoms with Gasteiger partial charge in [-0.15, -0.1) is 11.3 Å². The van der Waals surface area contributed by atoms with Crippen LogP contribution in [0, 0.1) is 0 Å². The van der Waals surface area contributed by atoms with Crippen molar-refractivity contribution in [2.45, 2.75) is 6.04 Å². The zero-order valence-electron chi connectivity index (χ0n) is 8.87. The molecular formula is C10H11Br2N3S. The van der Waals surface area contributed by atoms with Crippen molar-refractivity contribution in [1.82, 2.24) is 15.1 Å². The summed E-state index contributed by atoms with van der Waals surface area (Å²) in [6, 6.07) is 2.32. The fraction of sp³-hybridized carbons (Fsp3) is 0.300. The Morgan fingerprint density at radius 3 is 2.69 bits per heavy atom. The zero-order chi connectivity index (χ0) is 11.7. The lowest BCUT2D eigenvalue weighted by Crippen LogP contribution is -2.15. The molecule has 0 aliphatic heterocycles. The normalized spacial score (nSPS) is 13.0. The number of hydrogen-bond donors (Lipinski definition) is 1. The van der Waals surface area contributed by atoms with E-state index in [9.17, 15) is 0 Å². The lowest BCUT2D eigenvalue weighted by Gasteiger charge is -2.11. The van der Waals surface area contributed by atoms with Gasteiger partial charge in [0.05, 0.1) is 16.0 Å². The summed E-state index contributed by atoms with van der Waals surface area (Å²) in [5.74, 6) is 0. The molecule has 1 N–H and O–H groups in total. The number of halogens is 2. The first-order valence-corrected chi connectivity index (χ1v) is 7.12. The highest BCUT2D eigenvalue weighted by Crippen LogP contribution is 2.37. The molecule has 0 amide bonds. The van der Waals surface area contributed by atoms with Gasteiger partial charge in [-0.25, -0.2) is 0 Å². The summed E-state index contributed by atoms with van der Waals surface area (Å²) in [4.78, 5) is 1.26. The first kappa shape index (κ1) is 12.3. The van der Waals surface area contributed by atoms with Gasteiger partial charge in [0.25, 0.3) is 0 Å². The second-order valence-electron chi connectivity index (χ2n) is 3.44. The number of thiophene rings is 1. The minimum atomic E-state index is 0.196. The van der Waals surface area contributed by atoms with Crippen molar-refractivity contribution in [2.75, 3.05) is 7.05 Å². The summed E-state index contributed by atoms with van der Waals surface area (Å²) in [5, 5.41) is 7.50. The third kappa shape index (κ3) is 2.40. The van der Waals surface area contributed by atoms with E-state index in [2.05, 4.69) is 48.3 Å². The van der Waals surface area contributed by atoms with Gasteiger partial charge in [0.1, 0.15) is 0 Å². The predicted molar refractivity (Wildman–Crippen MR) is 73.8 cm³/mol. The number of nitrogens with zero attached hydrogens (tertiary/aromatic N) is 2. The van der Waals surface area contributed by atoms with Crippen molar-refractivity contribution in [3.05, 3.63) is 37.2 Å². The fourth-order valence-electron chi connectivity index (χ4n) is 1.57. The highest BCUT2D eigenvalue weighted by molar-refractivity contribution is 9.13. The van der Waals surface area contributed by atoms with Crippen molar-refractivity contribution < 1.29 is 0 Å². The van der Waals surface area contributed by atoms with Gasteiger partial charge in [-0.3, -0.25) is 4.68 Å². The SMILES string of the molecule is CNC(c1cnn(C)c1)c1cc(Br)c(Br)s1. The molecule has 0 spiro atoms. The smallest absolute Gasteiger partial charge is 0.0843 e. The van der Waals surface area contributed by atoms with Crippen LogP contribution in [0.5, 0.6) is 0 Å². The molecule has 2 aromatic heterocycles. The van der Waals surface area contributed by atoms with E-state index < -0.39 is 0 Å². The van der Waals surface area contributed by atoms with Gasteiger partial charge in [0.2, 0.25) is 0 Å². The molecule has 86 valence electrons. The maximum Gasteiger partial charge on any atom is 0.0843 e. The molecule has 1 atom stereocenters. The van der Waals surface area contributed by atoms with E-state index in [-0.39, 0.29) is 6.04 Å². The number of rotatable bonds is 3. The number of aromatic nitrogens is 2. The Hall–Kier alpha value is -0.170. The molecule has 0 bridgehead atoms. The molecule has 0 radical (unpaired) electrons. The molecule has 1 unspecified atom stereocenters. The lowest BCUT2D eigenvalue weighted by molar-refractivity contribution is 0.701. The van der Waals surface area contributed by atoms with Crippen molar-refractivity contribution in [3.63, 3.8) is 0 Å². The first-order valence-electron chi connectivity index (χ1n) is 4.72. The van der Waals surface area contributed by atoms with Crippen LogP contribution in [0.2, 0.25) is 0 Å².